The van der Waals surface area contributed by atoms with Crippen molar-refractivity contribution >= 4 is 18.0 Å². The lowest BCUT2D eigenvalue weighted by Crippen LogP contribution is -2.52. The molecule has 0 aliphatic carbocycles. The number of rotatable bonds is 2. The predicted octanol–water partition coefficient (Wildman–Crippen LogP) is 4.19. The molecule has 3 amide bonds. The minimum absolute atomic E-state index is 0.0693. The molecule has 2 aliphatic rings. The van der Waals surface area contributed by atoms with Crippen LogP contribution in [-0.2, 0) is 4.79 Å². The maximum absolute atomic E-state index is 13.8. The van der Waals surface area contributed by atoms with Crippen molar-refractivity contribution in [2.45, 2.75) is 52.5 Å². The number of nitrogens with zero attached hydrogens (tertiary/aromatic N) is 2. The highest BCUT2D eigenvalue weighted by molar-refractivity contribution is 5.81. The summed E-state index contributed by atoms with van der Waals surface area (Å²) in [5.41, 5.74) is 0.876. The smallest absolute Gasteiger partial charge is 0.317 e. The fourth-order valence-electron chi connectivity index (χ4n) is 3.95. The molecule has 2 heterocycles. The molecule has 1 N–H and O–H groups in total. The second-order valence-corrected chi connectivity index (χ2v) is 9.22. The first-order chi connectivity index (χ1) is 14.1. The summed E-state index contributed by atoms with van der Waals surface area (Å²) in [4.78, 5) is 28.6. The van der Waals surface area contributed by atoms with E-state index < -0.39 is 11.6 Å². The van der Waals surface area contributed by atoms with E-state index in [1.807, 2.05) is 25.7 Å². The van der Waals surface area contributed by atoms with Crippen LogP contribution in [0.4, 0.5) is 13.6 Å². The molecule has 0 spiro atoms. The summed E-state index contributed by atoms with van der Waals surface area (Å²) < 4.78 is 27.2. The molecular weight excluding hydrogens is 388 g/mol. The maximum Gasteiger partial charge on any atom is 0.317 e. The third-order valence-corrected chi connectivity index (χ3v) is 5.76. The van der Waals surface area contributed by atoms with Crippen LogP contribution >= 0.6 is 0 Å². The highest BCUT2D eigenvalue weighted by atomic mass is 19.1. The highest BCUT2D eigenvalue weighted by Gasteiger charge is 2.31. The van der Waals surface area contributed by atoms with E-state index in [2.05, 4.69) is 5.32 Å². The Bertz CT molecular complexity index is 814. The van der Waals surface area contributed by atoms with Gasteiger partial charge in [-0.1, -0.05) is 32.4 Å². The minimum atomic E-state index is -0.463. The van der Waals surface area contributed by atoms with Gasteiger partial charge in [-0.3, -0.25) is 4.79 Å². The molecule has 1 aromatic carbocycles. The van der Waals surface area contributed by atoms with Gasteiger partial charge in [0.25, 0.3) is 0 Å². The van der Waals surface area contributed by atoms with Crippen LogP contribution in [0.3, 0.4) is 0 Å². The number of carbonyl (C=O) groups excluding carboxylic acids is 2. The van der Waals surface area contributed by atoms with Crippen molar-refractivity contribution in [3.63, 3.8) is 0 Å². The summed E-state index contributed by atoms with van der Waals surface area (Å²) in [6.45, 7) is 8.19. The van der Waals surface area contributed by atoms with Gasteiger partial charge in [-0.15, -0.1) is 0 Å². The van der Waals surface area contributed by atoms with Crippen LogP contribution in [0, 0.1) is 17.0 Å². The third-order valence-electron chi connectivity index (χ3n) is 5.76. The number of piperidine rings is 2. The van der Waals surface area contributed by atoms with Crippen LogP contribution in [0.5, 0.6) is 0 Å². The van der Waals surface area contributed by atoms with Gasteiger partial charge < -0.3 is 15.1 Å². The molecule has 3 rings (SSSR count). The summed E-state index contributed by atoms with van der Waals surface area (Å²) in [5.74, 6) is -0.756. The van der Waals surface area contributed by atoms with E-state index in [0.29, 0.717) is 39.0 Å². The zero-order valence-electron chi connectivity index (χ0n) is 18.0. The van der Waals surface area contributed by atoms with Gasteiger partial charge in [0.05, 0.1) is 0 Å². The average Bonchev–Trinajstić information content (AvgIpc) is 2.70. The molecule has 0 bridgehead atoms. The van der Waals surface area contributed by atoms with Crippen molar-refractivity contribution < 1.29 is 18.4 Å². The number of urea groups is 1. The molecule has 0 saturated carbocycles. The molecule has 5 nitrogen and oxygen atoms in total. The Hall–Kier alpha value is -2.44. The molecule has 164 valence electrons. The third kappa shape index (κ3) is 5.58. The molecule has 1 aromatic rings. The van der Waals surface area contributed by atoms with Crippen LogP contribution in [0.15, 0.2) is 23.8 Å². The molecule has 0 unspecified atom stereocenters. The summed E-state index contributed by atoms with van der Waals surface area (Å²) in [5, 5.41) is 3.09. The summed E-state index contributed by atoms with van der Waals surface area (Å²) >= 11 is 0. The van der Waals surface area contributed by atoms with E-state index in [1.165, 1.54) is 6.07 Å². The highest BCUT2D eigenvalue weighted by Crippen LogP contribution is 2.23. The van der Waals surface area contributed by atoms with Gasteiger partial charge in [0.2, 0.25) is 5.91 Å². The molecule has 2 saturated heterocycles. The van der Waals surface area contributed by atoms with Crippen LogP contribution in [0.2, 0.25) is 0 Å². The Morgan fingerprint density at radius 1 is 1.03 bits per heavy atom. The van der Waals surface area contributed by atoms with Crippen molar-refractivity contribution in [1.29, 1.82) is 0 Å². The van der Waals surface area contributed by atoms with Gasteiger partial charge in [-0.2, -0.15) is 0 Å². The SMILES string of the molecule is CC(C)(C)C(=O)N1CCC(NC(=O)N2CCC(=Cc3cc(F)ccc3F)CC2)CC1. The minimum Gasteiger partial charge on any atom is -0.342 e. The van der Waals surface area contributed by atoms with E-state index in [4.69, 9.17) is 0 Å². The van der Waals surface area contributed by atoms with Crippen molar-refractivity contribution in [3.8, 4) is 0 Å². The molecular formula is C23H31F2N3O2. The number of carbonyl (C=O) groups is 2. The fourth-order valence-corrected chi connectivity index (χ4v) is 3.95. The summed E-state index contributed by atoms with van der Waals surface area (Å²) in [6, 6.07) is 3.41. The number of nitrogens with one attached hydrogen (secondary N) is 1. The molecule has 30 heavy (non-hydrogen) atoms. The lowest BCUT2D eigenvalue weighted by Gasteiger charge is -2.37. The zero-order valence-corrected chi connectivity index (χ0v) is 18.0. The van der Waals surface area contributed by atoms with Gasteiger partial charge >= 0.3 is 6.03 Å². The van der Waals surface area contributed by atoms with E-state index in [9.17, 15) is 18.4 Å². The maximum atomic E-state index is 13.8. The quantitative estimate of drug-likeness (QED) is 0.782. The van der Waals surface area contributed by atoms with Gasteiger partial charge in [0, 0.05) is 43.2 Å². The summed E-state index contributed by atoms with van der Waals surface area (Å²) in [6.07, 6.45) is 4.48. The topological polar surface area (TPSA) is 52.7 Å². The standard InChI is InChI=1S/C23H31F2N3O2/c1-23(2,3)21(29)27-12-8-19(9-13-27)26-22(30)28-10-6-16(7-11-28)14-17-15-18(24)4-5-20(17)25/h4-5,14-15,19H,6-13H2,1-3H3,(H,26,30). The van der Waals surface area contributed by atoms with Crippen molar-refractivity contribution in [2.24, 2.45) is 5.41 Å². The predicted molar refractivity (Wildman–Crippen MR) is 113 cm³/mol. The Balaban J connectivity index is 1.47. The first-order valence-electron chi connectivity index (χ1n) is 10.6. The van der Waals surface area contributed by atoms with E-state index in [0.717, 1.165) is 30.5 Å². The first kappa shape index (κ1) is 22.2. The van der Waals surface area contributed by atoms with Gasteiger partial charge in [0.15, 0.2) is 0 Å². The van der Waals surface area contributed by atoms with Crippen LogP contribution in [0.25, 0.3) is 6.08 Å². The molecule has 0 radical (unpaired) electrons. The largest absolute Gasteiger partial charge is 0.342 e. The average molecular weight is 420 g/mol. The Labute approximate surface area is 177 Å². The second kappa shape index (κ2) is 9.14. The fraction of sp³-hybridized carbons (Fsp3) is 0.565. The molecule has 7 heteroatoms. The van der Waals surface area contributed by atoms with Gasteiger partial charge in [-0.25, -0.2) is 13.6 Å². The van der Waals surface area contributed by atoms with Crippen molar-refractivity contribution in [2.75, 3.05) is 26.2 Å². The van der Waals surface area contributed by atoms with Gasteiger partial charge in [0.1, 0.15) is 11.6 Å². The van der Waals surface area contributed by atoms with E-state index in [-0.39, 0.29) is 29.0 Å². The van der Waals surface area contributed by atoms with E-state index >= 15 is 0 Å². The molecule has 0 atom stereocenters. The molecule has 2 aliphatic heterocycles. The lowest BCUT2D eigenvalue weighted by molar-refractivity contribution is -0.140. The zero-order chi connectivity index (χ0) is 21.9. The summed E-state index contributed by atoms with van der Waals surface area (Å²) in [7, 11) is 0. The normalized spacial score (nSPS) is 18.4. The van der Waals surface area contributed by atoms with Crippen LogP contribution < -0.4 is 5.32 Å². The Morgan fingerprint density at radius 2 is 1.67 bits per heavy atom. The van der Waals surface area contributed by atoms with Gasteiger partial charge in [-0.05, 0) is 43.9 Å². The number of likely N-dealkylation sites (tertiary alicyclic amines) is 2. The number of hydrogen-bond acceptors (Lipinski definition) is 2. The molecule has 2 fully saturated rings. The molecule has 0 aromatic heterocycles. The van der Waals surface area contributed by atoms with Crippen molar-refractivity contribution in [1.82, 2.24) is 15.1 Å². The Morgan fingerprint density at radius 3 is 2.27 bits per heavy atom. The Kier molecular flexibility index (Phi) is 6.78. The van der Waals surface area contributed by atoms with Crippen LogP contribution in [0.1, 0.15) is 52.0 Å². The monoisotopic (exact) mass is 419 g/mol. The number of amides is 3. The lowest BCUT2D eigenvalue weighted by atomic mass is 9.93. The number of halogens is 2. The van der Waals surface area contributed by atoms with E-state index in [1.54, 1.807) is 11.0 Å². The number of hydrogen-bond donors (Lipinski definition) is 1. The van der Waals surface area contributed by atoms with Crippen molar-refractivity contribution in [3.05, 3.63) is 41.0 Å². The number of benzene rings is 1. The first-order valence-corrected chi connectivity index (χ1v) is 10.6. The van der Waals surface area contributed by atoms with Crippen LogP contribution in [-0.4, -0.2) is 54.0 Å². The second-order valence-electron chi connectivity index (χ2n) is 9.22.